The lowest BCUT2D eigenvalue weighted by atomic mass is 9.99. The normalized spacial score (nSPS) is 15.5. The highest BCUT2D eigenvalue weighted by Gasteiger charge is 2.21. The summed E-state index contributed by atoms with van der Waals surface area (Å²) in [6.45, 7) is 1.56. The van der Waals surface area contributed by atoms with Crippen LogP contribution in [0.25, 0.3) is 0 Å². The molecular weight excluding hydrogens is 292 g/mol. The van der Waals surface area contributed by atoms with Crippen molar-refractivity contribution in [2.75, 3.05) is 19.8 Å². The molecule has 6 heteroatoms. The van der Waals surface area contributed by atoms with Crippen LogP contribution in [0.4, 0.5) is 0 Å². The first kappa shape index (κ1) is 15.8. The number of rotatable bonds is 5. The van der Waals surface area contributed by atoms with E-state index in [9.17, 15) is 9.59 Å². The van der Waals surface area contributed by atoms with Crippen molar-refractivity contribution in [1.82, 2.24) is 10.6 Å². The summed E-state index contributed by atoms with van der Waals surface area (Å²) >= 11 is 6.00. The van der Waals surface area contributed by atoms with E-state index < -0.39 is 0 Å². The Morgan fingerprint density at radius 2 is 1.90 bits per heavy atom. The Morgan fingerprint density at radius 3 is 2.62 bits per heavy atom. The first-order valence-corrected chi connectivity index (χ1v) is 7.40. The van der Waals surface area contributed by atoms with Crippen molar-refractivity contribution in [1.29, 1.82) is 0 Å². The van der Waals surface area contributed by atoms with Gasteiger partial charge in [-0.05, 0) is 24.5 Å². The third kappa shape index (κ3) is 5.02. The molecule has 1 fully saturated rings. The molecule has 0 aliphatic carbocycles. The Labute approximate surface area is 129 Å². The Bertz CT molecular complexity index is 501. The Kier molecular flexibility index (Phi) is 6.02. The molecule has 1 aliphatic rings. The van der Waals surface area contributed by atoms with Gasteiger partial charge in [-0.15, -0.1) is 0 Å². The molecule has 1 aromatic rings. The smallest absolute Gasteiger partial charge is 0.239 e. The van der Waals surface area contributed by atoms with Gasteiger partial charge in [-0.3, -0.25) is 9.59 Å². The average molecular weight is 311 g/mol. The zero-order valence-electron chi connectivity index (χ0n) is 11.7. The number of nitrogens with one attached hydrogen (secondary N) is 2. The maximum atomic E-state index is 11.9. The van der Waals surface area contributed by atoms with Crippen LogP contribution in [-0.2, 0) is 20.9 Å². The molecule has 0 unspecified atom stereocenters. The zero-order chi connectivity index (χ0) is 15.1. The summed E-state index contributed by atoms with van der Waals surface area (Å²) in [5, 5.41) is 6.01. The molecule has 1 aliphatic heterocycles. The largest absolute Gasteiger partial charge is 0.381 e. The van der Waals surface area contributed by atoms with E-state index in [-0.39, 0.29) is 24.3 Å². The van der Waals surface area contributed by atoms with E-state index in [1.807, 2.05) is 18.2 Å². The van der Waals surface area contributed by atoms with Gasteiger partial charge < -0.3 is 15.4 Å². The number of halogens is 1. The van der Waals surface area contributed by atoms with E-state index in [2.05, 4.69) is 10.6 Å². The van der Waals surface area contributed by atoms with Crippen LogP contribution in [-0.4, -0.2) is 31.6 Å². The maximum Gasteiger partial charge on any atom is 0.239 e. The van der Waals surface area contributed by atoms with Gasteiger partial charge in [-0.25, -0.2) is 0 Å². The van der Waals surface area contributed by atoms with Gasteiger partial charge >= 0.3 is 0 Å². The quantitative estimate of drug-likeness (QED) is 0.866. The van der Waals surface area contributed by atoms with Gasteiger partial charge in [0.05, 0.1) is 6.54 Å². The second-order valence-electron chi connectivity index (χ2n) is 4.97. The summed E-state index contributed by atoms with van der Waals surface area (Å²) in [7, 11) is 0. The summed E-state index contributed by atoms with van der Waals surface area (Å²) < 4.78 is 5.20. The fraction of sp³-hybridized carbons (Fsp3) is 0.467. The molecule has 0 radical (unpaired) electrons. The molecule has 21 heavy (non-hydrogen) atoms. The van der Waals surface area contributed by atoms with Gasteiger partial charge in [0, 0.05) is 30.7 Å². The Morgan fingerprint density at radius 1 is 1.19 bits per heavy atom. The summed E-state index contributed by atoms with van der Waals surface area (Å²) in [4.78, 5) is 23.6. The molecular formula is C15H19ClN2O3. The van der Waals surface area contributed by atoms with E-state index in [1.54, 1.807) is 6.07 Å². The monoisotopic (exact) mass is 310 g/mol. The zero-order valence-corrected chi connectivity index (χ0v) is 12.5. The highest BCUT2D eigenvalue weighted by atomic mass is 35.5. The molecule has 0 spiro atoms. The van der Waals surface area contributed by atoms with Crippen LogP contribution >= 0.6 is 11.6 Å². The number of hydrogen-bond donors (Lipinski definition) is 2. The van der Waals surface area contributed by atoms with Crippen molar-refractivity contribution in [3.05, 3.63) is 34.9 Å². The molecule has 1 saturated heterocycles. The van der Waals surface area contributed by atoms with Gasteiger partial charge in [-0.2, -0.15) is 0 Å². The Hall–Kier alpha value is -1.59. The number of benzene rings is 1. The van der Waals surface area contributed by atoms with Crippen LogP contribution in [0.1, 0.15) is 18.4 Å². The van der Waals surface area contributed by atoms with Gasteiger partial charge in [-0.1, -0.05) is 29.8 Å². The maximum absolute atomic E-state index is 11.9. The molecule has 114 valence electrons. The van der Waals surface area contributed by atoms with Crippen molar-refractivity contribution in [3.8, 4) is 0 Å². The average Bonchev–Trinajstić information content (AvgIpc) is 2.52. The SMILES string of the molecule is O=C(CNC(=O)C1CCOCC1)NCc1ccccc1Cl. The molecule has 0 saturated carbocycles. The van der Waals surface area contributed by atoms with Crippen LogP contribution in [0.2, 0.25) is 5.02 Å². The highest BCUT2D eigenvalue weighted by molar-refractivity contribution is 6.31. The van der Waals surface area contributed by atoms with Crippen LogP contribution in [0, 0.1) is 5.92 Å². The van der Waals surface area contributed by atoms with Crippen molar-refractivity contribution in [2.24, 2.45) is 5.92 Å². The van der Waals surface area contributed by atoms with E-state index in [1.165, 1.54) is 0 Å². The number of carbonyl (C=O) groups is 2. The van der Waals surface area contributed by atoms with Gasteiger partial charge in [0.1, 0.15) is 0 Å². The summed E-state index contributed by atoms with van der Waals surface area (Å²) in [5.74, 6) is -0.350. The van der Waals surface area contributed by atoms with Crippen LogP contribution in [0.15, 0.2) is 24.3 Å². The first-order chi connectivity index (χ1) is 10.2. The molecule has 0 aromatic heterocycles. The van der Waals surface area contributed by atoms with Crippen molar-refractivity contribution in [3.63, 3.8) is 0 Å². The molecule has 1 heterocycles. The van der Waals surface area contributed by atoms with Crippen LogP contribution in [0.5, 0.6) is 0 Å². The summed E-state index contributed by atoms with van der Waals surface area (Å²) in [6, 6.07) is 7.32. The van der Waals surface area contributed by atoms with E-state index in [0.717, 1.165) is 5.56 Å². The lowest BCUT2D eigenvalue weighted by molar-refractivity contribution is -0.130. The second kappa shape index (κ2) is 8.00. The number of ether oxygens (including phenoxy) is 1. The van der Waals surface area contributed by atoms with Crippen molar-refractivity contribution >= 4 is 23.4 Å². The Balaban J connectivity index is 1.70. The number of hydrogen-bond acceptors (Lipinski definition) is 3. The minimum absolute atomic E-state index is 0.0133. The minimum Gasteiger partial charge on any atom is -0.381 e. The predicted molar refractivity (Wildman–Crippen MR) is 79.9 cm³/mol. The lowest BCUT2D eigenvalue weighted by Crippen LogP contribution is -2.40. The van der Waals surface area contributed by atoms with Gasteiger partial charge in [0.2, 0.25) is 11.8 Å². The fourth-order valence-corrected chi connectivity index (χ4v) is 2.37. The standard InChI is InChI=1S/C15H19ClN2O3/c16-13-4-2-1-3-12(13)9-17-14(19)10-18-15(20)11-5-7-21-8-6-11/h1-4,11H,5-10H2,(H,17,19)(H,18,20). The van der Waals surface area contributed by atoms with Crippen molar-refractivity contribution in [2.45, 2.75) is 19.4 Å². The lowest BCUT2D eigenvalue weighted by Gasteiger charge is -2.21. The molecule has 0 atom stereocenters. The molecule has 0 bridgehead atoms. The molecule has 5 nitrogen and oxygen atoms in total. The predicted octanol–water partition coefficient (Wildman–Crippen LogP) is 1.50. The second-order valence-corrected chi connectivity index (χ2v) is 5.38. The molecule has 2 N–H and O–H groups in total. The highest BCUT2D eigenvalue weighted by Crippen LogP contribution is 2.15. The fourth-order valence-electron chi connectivity index (χ4n) is 2.17. The molecule has 1 aromatic carbocycles. The van der Waals surface area contributed by atoms with E-state index in [4.69, 9.17) is 16.3 Å². The number of amides is 2. The van der Waals surface area contributed by atoms with Crippen LogP contribution < -0.4 is 10.6 Å². The minimum atomic E-state index is -0.227. The number of carbonyl (C=O) groups excluding carboxylic acids is 2. The summed E-state index contributed by atoms with van der Waals surface area (Å²) in [6.07, 6.45) is 1.43. The van der Waals surface area contributed by atoms with Gasteiger partial charge in [0.15, 0.2) is 0 Å². The van der Waals surface area contributed by atoms with E-state index in [0.29, 0.717) is 37.6 Å². The molecule has 2 rings (SSSR count). The molecule has 2 amide bonds. The van der Waals surface area contributed by atoms with Gasteiger partial charge in [0.25, 0.3) is 0 Å². The third-order valence-electron chi connectivity index (χ3n) is 3.45. The third-order valence-corrected chi connectivity index (χ3v) is 3.82. The topological polar surface area (TPSA) is 67.4 Å². The van der Waals surface area contributed by atoms with Crippen molar-refractivity contribution < 1.29 is 14.3 Å². The summed E-state index contributed by atoms with van der Waals surface area (Å²) in [5.41, 5.74) is 0.850. The van der Waals surface area contributed by atoms with E-state index >= 15 is 0 Å². The first-order valence-electron chi connectivity index (χ1n) is 7.02. The van der Waals surface area contributed by atoms with Crippen LogP contribution in [0.3, 0.4) is 0 Å².